The molecule has 3 rings (SSSR count). The van der Waals surface area contributed by atoms with Gasteiger partial charge in [0.2, 0.25) is 0 Å². The van der Waals surface area contributed by atoms with Gasteiger partial charge in [-0.25, -0.2) is 9.97 Å². The van der Waals surface area contributed by atoms with Gasteiger partial charge < -0.3 is 19.8 Å². The summed E-state index contributed by atoms with van der Waals surface area (Å²) in [7, 11) is 3.11. The number of nitrogens with zero attached hydrogens (tertiary/aromatic N) is 2. The predicted octanol–water partition coefficient (Wildman–Crippen LogP) is 2.14. The molecule has 0 saturated carbocycles. The number of hydrogen-bond acceptors (Lipinski definition) is 7. The molecule has 8 nitrogen and oxygen atoms in total. The second kappa shape index (κ2) is 6.05. The van der Waals surface area contributed by atoms with E-state index in [2.05, 4.69) is 25.3 Å². The largest absolute Gasteiger partial charge is 0.493 e. The van der Waals surface area contributed by atoms with E-state index in [1.807, 2.05) is 0 Å². The van der Waals surface area contributed by atoms with E-state index in [9.17, 15) is 4.79 Å². The van der Waals surface area contributed by atoms with E-state index in [-0.39, 0.29) is 10.3 Å². The molecule has 0 aliphatic heterocycles. The van der Waals surface area contributed by atoms with E-state index in [1.165, 1.54) is 12.4 Å². The number of aromatic amines is 2. The number of anilines is 2. The van der Waals surface area contributed by atoms with E-state index in [4.69, 9.17) is 21.7 Å². The molecule has 0 saturated heterocycles. The lowest BCUT2D eigenvalue weighted by molar-refractivity contribution is 0.356. The summed E-state index contributed by atoms with van der Waals surface area (Å²) in [4.78, 5) is 25.2. The van der Waals surface area contributed by atoms with Gasteiger partial charge in [-0.15, -0.1) is 0 Å². The third kappa shape index (κ3) is 2.99. The molecule has 2 aromatic heterocycles. The van der Waals surface area contributed by atoms with E-state index in [0.29, 0.717) is 34.0 Å². The van der Waals surface area contributed by atoms with Crippen molar-refractivity contribution in [1.82, 2.24) is 19.9 Å². The molecule has 3 aromatic rings. The monoisotopic (exact) mass is 331 g/mol. The lowest BCUT2D eigenvalue weighted by atomic mass is 10.2. The third-order valence-corrected chi connectivity index (χ3v) is 3.36. The highest BCUT2D eigenvalue weighted by Crippen LogP contribution is 2.34. The van der Waals surface area contributed by atoms with Crippen molar-refractivity contribution in [2.24, 2.45) is 0 Å². The zero-order chi connectivity index (χ0) is 16.4. The van der Waals surface area contributed by atoms with Crippen molar-refractivity contribution in [3.05, 3.63) is 39.7 Å². The molecule has 0 radical (unpaired) electrons. The van der Waals surface area contributed by atoms with Crippen LogP contribution in [0.4, 0.5) is 11.6 Å². The predicted molar refractivity (Wildman–Crippen MR) is 88.2 cm³/mol. The van der Waals surface area contributed by atoms with Gasteiger partial charge >= 0.3 is 0 Å². The fourth-order valence-corrected chi connectivity index (χ4v) is 2.36. The first-order valence-corrected chi connectivity index (χ1v) is 6.99. The average molecular weight is 331 g/mol. The molecule has 23 heavy (non-hydrogen) atoms. The van der Waals surface area contributed by atoms with Crippen LogP contribution < -0.4 is 20.3 Å². The third-order valence-electron chi connectivity index (χ3n) is 3.15. The summed E-state index contributed by atoms with van der Waals surface area (Å²) in [6, 6.07) is 4.86. The number of methoxy groups -OCH3 is 2. The Balaban J connectivity index is 2.13. The summed E-state index contributed by atoms with van der Waals surface area (Å²) in [5.41, 5.74) is 0.359. The quantitative estimate of drug-likeness (QED) is 0.629. The number of rotatable bonds is 4. The Morgan fingerprint density at radius 1 is 1.09 bits per heavy atom. The van der Waals surface area contributed by atoms with Crippen molar-refractivity contribution in [2.75, 3.05) is 19.5 Å². The van der Waals surface area contributed by atoms with Crippen LogP contribution in [0, 0.1) is 4.77 Å². The number of nitrogens with one attached hydrogen (secondary N) is 3. The van der Waals surface area contributed by atoms with Crippen LogP contribution in [0.1, 0.15) is 0 Å². The van der Waals surface area contributed by atoms with Crippen LogP contribution in [0.3, 0.4) is 0 Å². The lowest BCUT2D eigenvalue weighted by Gasteiger charge is -2.11. The van der Waals surface area contributed by atoms with Gasteiger partial charge in [0, 0.05) is 17.5 Å². The van der Waals surface area contributed by atoms with Crippen LogP contribution in [0.2, 0.25) is 0 Å². The molecule has 0 unspecified atom stereocenters. The minimum Gasteiger partial charge on any atom is -0.493 e. The average Bonchev–Trinajstić information content (AvgIpc) is 2.53. The van der Waals surface area contributed by atoms with Crippen LogP contribution in [0.5, 0.6) is 11.5 Å². The van der Waals surface area contributed by atoms with Gasteiger partial charge in [-0.3, -0.25) is 9.78 Å². The molecule has 0 atom stereocenters. The SMILES string of the molecule is COc1cc2ncnc(Nc3cc(=O)[nH]c(=S)[nH]3)c2cc1OC. The van der Waals surface area contributed by atoms with Crippen LogP contribution in [0.25, 0.3) is 10.9 Å². The Bertz CT molecular complexity index is 954. The van der Waals surface area contributed by atoms with Gasteiger partial charge in [0.15, 0.2) is 16.3 Å². The minimum absolute atomic E-state index is 0.220. The highest BCUT2D eigenvalue weighted by Gasteiger charge is 2.11. The Morgan fingerprint density at radius 3 is 2.52 bits per heavy atom. The Morgan fingerprint density at radius 2 is 1.83 bits per heavy atom. The van der Waals surface area contributed by atoms with Crippen molar-refractivity contribution >= 4 is 34.8 Å². The molecule has 1 aromatic carbocycles. The van der Waals surface area contributed by atoms with Crippen molar-refractivity contribution in [3.63, 3.8) is 0 Å². The summed E-state index contributed by atoms with van der Waals surface area (Å²) >= 11 is 4.95. The first-order chi connectivity index (χ1) is 11.1. The van der Waals surface area contributed by atoms with Gasteiger partial charge in [0.05, 0.1) is 19.7 Å². The molecule has 0 spiro atoms. The maximum atomic E-state index is 11.5. The van der Waals surface area contributed by atoms with Crippen LogP contribution >= 0.6 is 12.2 Å². The van der Waals surface area contributed by atoms with Crippen LogP contribution in [0.15, 0.2) is 29.3 Å². The van der Waals surface area contributed by atoms with Crippen LogP contribution in [-0.2, 0) is 0 Å². The Hall–Kier alpha value is -2.94. The Kier molecular flexibility index (Phi) is 3.94. The van der Waals surface area contributed by atoms with Crippen molar-refractivity contribution in [2.45, 2.75) is 0 Å². The van der Waals surface area contributed by atoms with Crippen molar-refractivity contribution in [1.29, 1.82) is 0 Å². The topological polar surface area (TPSA) is 105 Å². The molecule has 0 bridgehead atoms. The first-order valence-electron chi connectivity index (χ1n) is 6.58. The molecule has 9 heteroatoms. The van der Waals surface area contributed by atoms with Crippen LogP contribution in [-0.4, -0.2) is 34.2 Å². The molecule has 0 aliphatic carbocycles. The molecule has 0 aliphatic rings. The molecule has 2 heterocycles. The summed E-state index contributed by atoms with van der Waals surface area (Å²) in [6.45, 7) is 0. The molecule has 0 fully saturated rings. The number of aromatic nitrogens is 4. The van der Waals surface area contributed by atoms with Crippen molar-refractivity contribution in [3.8, 4) is 11.5 Å². The van der Waals surface area contributed by atoms with Gasteiger partial charge in [0.25, 0.3) is 5.56 Å². The van der Waals surface area contributed by atoms with Gasteiger partial charge in [-0.2, -0.15) is 0 Å². The number of H-pyrrole nitrogens is 2. The zero-order valence-electron chi connectivity index (χ0n) is 12.3. The normalized spacial score (nSPS) is 10.5. The van der Waals surface area contributed by atoms with E-state index >= 15 is 0 Å². The lowest BCUT2D eigenvalue weighted by Crippen LogP contribution is -2.08. The highest BCUT2D eigenvalue weighted by molar-refractivity contribution is 7.71. The number of benzene rings is 1. The maximum Gasteiger partial charge on any atom is 0.253 e. The van der Waals surface area contributed by atoms with E-state index < -0.39 is 0 Å². The molecule has 3 N–H and O–H groups in total. The fourth-order valence-electron chi connectivity index (χ4n) is 2.15. The smallest absolute Gasteiger partial charge is 0.253 e. The number of fused-ring (bicyclic) bond motifs is 1. The van der Waals surface area contributed by atoms with Gasteiger partial charge in [-0.05, 0) is 18.3 Å². The standard InChI is InChI=1S/C14H13N5O3S/c1-21-9-3-7-8(4-10(9)22-2)15-6-16-13(7)17-11-5-12(20)19-14(23)18-11/h3-6H,1-2H3,(H3,15,16,17,18,19,20,23). The Labute approximate surface area is 135 Å². The molecular formula is C14H13N5O3S. The number of ether oxygens (including phenoxy) is 2. The number of hydrogen-bond donors (Lipinski definition) is 3. The maximum absolute atomic E-state index is 11.5. The second-order valence-corrected chi connectivity index (χ2v) is 4.98. The van der Waals surface area contributed by atoms with E-state index in [1.54, 1.807) is 26.4 Å². The molecular weight excluding hydrogens is 318 g/mol. The van der Waals surface area contributed by atoms with E-state index in [0.717, 1.165) is 0 Å². The highest BCUT2D eigenvalue weighted by atomic mass is 32.1. The molecule has 118 valence electrons. The fraction of sp³-hybridized carbons (Fsp3) is 0.143. The summed E-state index contributed by atoms with van der Waals surface area (Å²) < 4.78 is 10.8. The first kappa shape index (κ1) is 15.0. The van der Waals surface area contributed by atoms with Crippen molar-refractivity contribution < 1.29 is 9.47 Å². The molecule has 0 amide bonds. The summed E-state index contributed by atoms with van der Waals surface area (Å²) in [5, 5.41) is 3.74. The summed E-state index contributed by atoms with van der Waals surface area (Å²) in [6.07, 6.45) is 1.42. The summed E-state index contributed by atoms with van der Waals surface area (Å²) in [5.74, 6) is 2.05. The second-order valence-electron chi connectivity index (χ2n) is 4.57. The van der Waals surface area contributed by atoms with Gasteiger partial charge in [-0.1, -0.05) is 0 Å². The van der Waals surface area contributed by atoms with Gasteiger partial charge in [0.1, 0.15) is 18.0 Å². The zero-order valence-corrected chi connectivity index (χ0v) is 13.2. The minimum atomic E-state index is -0.311.